The van der Waals surface area contributed by atoms with Crippen LogP contribution < -0.4 is 0 Å². The molecule has 3 nitrogen and oxygen atoms in total. The quantitative estimate of drug-likeness (QED) is 0.619. The molecule has 0 saturated heterocycles. The van der Waals surface area contributed by atoms with E-state index in [4.69, 9.17) is 9.84 Å². The molecule has 82 valence electrons. The summed E-state index contributed by atoms with van der Waals surface area (Å²) in [5.74, 6) is -0.508. The fraction of sp³-hybridized carbons (Fsp3) is 0.154. The first kappa shape index (κ1) is 10.6. The molecule has 0 aromatic heterocycles. The Hall–Kier alpha value is -1.87. The zero-order chi connectivity index (χ0) is 11.5. The number of aliphatic hydroxyl groups is 1. The van der Waals surface area contributed by atoms with Gasteiger partial charge in [0, 0.05) is 0 Å². The van der Waals surface area contributed by atoms with Crippen molar-refractivity contribution < 1.29 is 14.6 Å². The molecular formula is C13H12O3. The van der Waals surface area contributed by atoms with Gasteiger partial charge in [-0.15, -0.1) is 0 Å². The van der Waals surface area contributed by atoms with Gasteiger partial charge < -0.3 is 9.84 Å². The summed E-state index contributed by atoms with van der Waals surface area (Å²) in [4.78, 5) is 11.7. The van der Waals surface area contributed by atoms with Crippen molar-refractivity contribution in [3.8, 4) is 0 Å². The molecule has 1 atom stereocenters. The molecule has 0 radical (unpaired) electrons. The van der Waals surface area contributed by atoms with Crippen LogP contribution in [0.3, 0.4) is 0 Å². The Morgan fingerprint density at radius 1 is 1.19 bits per heavy atom. The van der Waals surface area contributed by atoms with Gasteiger partial charge in [-0.05, 0) is 23.8 Å². The maximum Gasteiger partial charge on any atom is 0.341 e. The van der Waals surface area contributed by atoms with Crippen LogP contribution in [0.2, 0.25) is 0 Å². The highest BCUT2D eigenvalue weighted by molar-refractivity contribution is 6.04. The van der Waals surface area contributed by atoms with Crippen molar-refractivity contribution in [2.45, 2.75) is 13.2 Å². The number of hydrogen-bond acceptors (Lipinski definition) is 3. The van der Waals surface area contributed by atoms with Crippen molar-refractivity contribution in [1.82, 2.24) is 0 Å². The van der Waals surface area contributed by atoms with Crippen LogP contribution in [0.5, 0.6) is 0 Å². The number of ether oxygens (including phenoxy) is 1. The van der Waals surface area contributed by atoms with Crippen molar-refractivity contribution >= 4 is 16.7 Å². The summed E-state index contributed by atoms with van der Waals surface area (Å²) >= 11 is 0. The molecule has 2 rings (SSSR count). The molecule has 0 aliphatic rings. The van der Waals surface area contributed by atoms with E-state index in [1.54, 1.807) is 12.1 Å². The summed E-state index contributed by atoms with van der Waals surface area (Å²) in [6, 6.07) is 13.0. The third-order valence-corrected chi connectivity index (χ3v) is 2.29. The van der Waals surface area contributed by atoms with Gasteiger partial charge in [0.25, 0.3) is 0 Å². The lowest BCUT2D eigenvalue weighted by Crippen LogP contribution is -2.14. The summed E-state index contributed by atoms with van der Waals surface area (Å²) in [7, 11) is 0. The third-order valence-electron chi connectivity index (χ3n) is 2.29. The summed E-state index contributed by atoms with van der Waals surface area (Å²) in [6.07, 6.45) is -1.09. The average Bonchev–Trinajstić information content (AvgIpc) is 2.27. The molecule has 2 aromatic carbocycles. The van der Waals surface area contributed by atoms with Crippen LogP contribution in [0.1, 0.15) is 17.3 Å². The van der Waals surface area contributed by atoms with E-state index in [1.165, 1.54) is 6.92 Å². The predicted octanol–water partition coefficient (Wildman–Crippen LogP) is 2.33. The number of rotatable bonds is 2. The molecule has 0 amide bonds. The molecule has 3 heteroatoms. The fourth-order valence-corrected chi connectivity index (χ4v) is 1.62. The molecule has 0 saturated carbocycles. The van der Waals surface area contributed by atoms with E-state index < -0.39 is 12.3 Å². The Morgan fingerprint density at radius 2 is 1.88 bits per heavy atom. The summed E-state index contributed by atoms with van der Waals surface area (Å²) in [5.41, 5.74) is 0.471. The fourth-order valence-electron chi connectivity index (χ4n) is 1.62. The summed E-state index contributed by atoms with van der Waals surface area (Å²) < 4.78 is 4.76. The van der Waals surface area contributed by atoms with E-state index in [-0.39, 0.29) is 0 Å². The summed E-state index contributed by atoms with van der Waals surface area (Å²) in [5, 5.41) is 10.8. The molecular weight excluding hydrogens is 204 g/mol. The zero-order valence-corrected chi connectivity index (χ0v) is 8.88. The van der Waals surface area contributed by atoms with Crippen LogP contribution in [0, 0.1) is 0 Å². The van der Waals surface area contributed by atoms with E-state index in [0.717, 1.165) is 10.8 Å². The van der Waals surface area contributed by atoms with Gasteiger partial charge in [-0.2, -0.15) is 0 Å². The van der Waals surface area contributed by atoms with Crippen molar-refractivity contribution in [2.75, 3.05) is 0 Å². The van der Waals surface area contributed by atoms with Crippen molar-refractivity contribution in [3.63, 3.8) is 0 Å². The largest absolute Gasteiger partial charge is 0.433 e. The highest BCUT2D eigenvalue weighted by Crippen LogP contribution is 2.19. The molecule has 0 heterocycles. The first-order chi connectivity index (χ1) is 7.68. The molecule has 1 unspecified atom stereocenters. The number of carbonyl (C=O) groups is 1. The molecule has 0 aliphatic carbocycles. The Morgan fingerprint density at radius 3 is 2.62 bits per heavy atom. The van der Waals surface area contributed by atoms with Gasteiger partial charge in [0.05, 0.1) is 5.56 Å². The number of hydrogen-bond donors (Lipinski definition) is 1. The lowest BCUT2D eigenvalue weighted by molar-refractivity contribution is -0.0521. The SMILES string of the molecule is CC(O)OC(=O)c1cccc2ccccc12. The maximum absolute atomic E-state index is 11.7. The van der Waals surface area contributed by atoms with Crippen molar-refractivity contribution in [1.29, 1.82) is 0 Å². The van der Waals surface area contributed by atoms with Crippen LogP contribution in [0.15, 0.2) is 42.5 Å². The smallest absolute Gasteiger partial charge is 0.341 e. The van der Waals surface area contributed by atoms with Crippen LogP contribution >= 0.6 is 0 Å². The Kier molecular flexibility index (Phi) is 2.88. The van der Waals surface area contributed by atoms with E-state index in [1.807, 2.05) is 30.3 Å². The number of carbonyl (C=O) groups excluding carboxylic acids is 1. The Labute approximate surface area is 93.3 Å². The Bertz CT molecular complexity index is 512. The standard InChI is InChI=1S/C13H12O3/c1-9(14)16-13(15)12-8-4-6-10-5-2-3-7-11(10)12/h2-9,14H,1H3. The second kappa shape index (κ2) is 4.33. The first-order valence-electron chi connectivity index (χ1n) is 5.05. The number of esters is 1. The number of fused-ring (bicyclic) bond motifs is 1. The third kappa shape index (κ3) is 2.04. The topological polar surface area (TPSA) is 46.5 Å². The maximum atomic E-state index is 11.7. The number of aliphatic hydroxyl groups excluding tert-OH is 1. The van der Waals surface area contributed by atoms with Gasteiger partial charge in [-0.1, -0.05) is 36.4 Å². The van der Waals surface area contributed by atoms with Crippen molar-refractivity contribution in [2.24, 2.45) is 0 Å². The first-order valence-corrected chi connectivity index (χ1v) is 5.05. The molecule has 16 heavy (non-hydrogen) atoms. The molecule has 2 aromatic rings. The van der Waals surface area contributed by atoms with Gasteiger partial charge in [-0.25, -0.2) is 4.79 Å². The predicted molar refractivity (Wildman–Crippen MR) is 61.0 cm³/mol. The van der Waals surface area contributed by atoms with Crippen LogP contribution in [-0.2, 0) is 4.74 Å². The van der Waals surface area contributed by atoms with Crippen LogP contribution in [0.4, 0.5) is 0 Å². The van der Waals surface area contributed by atoms with Crippen molar-refractivity contribution in [3.05, 3.63) is 48.0 Å². The highest BCUT2D eigenvalue weighted by Gasteiger charge is 2.12. The normalized spacial score (nSPS) is 12.4. The van der Waals surface area contributed by atoms with Crippen LogP contribution in [0.25, 0.3) is 10.8 Å². The van der Waals surface area contributed by atoms with Gasteiger partial charge >= 0.3 is 5.97 Å². The van der Waals surface area contributed by atoms with Crippen LogP contribution in [-0.4, -0.2) is 17.4 Å². The lowest BCUT2D eigenvalue weighted by Gasteiger charge is -2.08. The van der Waals surface area contributed by atoms with Gasteiger partial charge in [0.1, 0.15) is 0 Å². The second-order valence-electron chi connectivity index (χ2n) is 3.53. The van der Waals surface area contributed by atoms with Gasteiger partial charge in [-0.3, -0.25) is 0 Å². The van der Waals surface area contributed by atoms with Gasteiger partial charge in [0.2, 0.25) is 0 Å². The molecule has 0 aliphatic heterocycles. The average molecular weight is 216 g/mol. The Balaban J connectivity index is 2.48. The molecule has 0 bridgehead atoms. The van der Waals surface area contributed by atoms with E-state index in [2.05, 4.69) is 0 Å². The lowest BCUT2D eigenvalue weighted by atomic mass is 10.1. The van der Waals surface area contributed by atoms with E-state index in [0.29, 0.717) is 5.56 Å². The molecule has 0 spiro atoms. The minimum atomic E-state index is -1.09. The number of benzene rings is 2. The minimum Gasteiger partial charge on any atom is -0.433 e. The molecule has 1 N–H and O–H groups in total. The van der Waals surface area contributed by atoms with E-state index >= 15 is 0 Å². The zero-order valence-electron chi connectivity index (χ0n) is 8.88. The highest BCUT2D eigenvalue weighted by atomic mass is 16.6. The monoisotopic (exact) mass is 216 g/mol. The second-order valence-corrected chi connectivity index (χ2v) is 3.53. The summed E-state index contributed by atoms with van der Waals surface area (Å²) in [6.45, 7) is 1.41. The van der Waals surface area contributed by atoms with E-state index in [9.17, 15) is 4.79 Å². The van der Waals surface area contributed by atoms with Gasteiger partial charge in [0.15, 0.2) is 6.29 Å². The molecule has 0 fully saturated rings. The minimum absolute atomic E-state index is 0.471.